The van der Waals surface area contributed by atoms with Gasteiger partial charge in [-0.25, -0.2) is 0 Å². The van der Waals surface area contributed by atoms with Gasteiger partial charge in [-0.2, -0.15) is 0 Å². The lowest BCUT2D eigenvalue weighted by molar-refractivity contribution is -0.134. The number of fused-ring (bicyclic) bond motifs is 2. The summed E-state index contributed by atoms with van der Waals surface area (Å²) >= 11 is 0. The van der Waals surface area contributed by atoms with Crippen LogP contribution in [-0.4, -0.2) is 100 Å². The molecule has 1 heterocycles. The minimum absolute atomic E-state index is 0.0572. The lowest BCUT2D eigenvalue weighted by Crippen LogP contribution is -2.58. The van der Waals surface area contributed by atoms with Crippen molar-refractivity contribution in [2.24, 2.45) is 5.92 Å². The minimum atomic E-state index is -1.03. The summed E-state index contributed by atoms with van der Waals surface area (Å²) in [6.07, 6.45) is 1.96. The maximum absolute atomic E-state index is 13.8. The first-order chi connectivity index (χ1) is 23.0. The molecule has 3 atom stereocenters. The van der Waals surface area contributed by atoms with E-state index in [2.05, 4.69) is 26.6 Å². The SMILES string of the molecule is COc1ccc2cc1OCC(=O)NCCC[C@H](NC(=O)CN(C)C)C(=O)N[C@@H](Cc1ccccc1)C(=O)N[C@H](C(C)C)C(=O)NCCC2. The van der Waals surface area contributed by atoms with Crippen LogP contribution in [0.15, 0.2) is 48.5 Å². The molecule has 13 nitrogen and oxygen atoms in total. The molecule has 2 aromatic carbocycles. The summed E-state index contributed by atoms with van der Waals surface area (Å²) in [7, 11) is 4.99. The monoisotopic (exact) mass is 666 g/mol. The molecule has 2 bridgehead atoms. The van der Waals surface area contributed by atoms with E-state index in [4.69, 9.17) is 9.47 Å². The summed E-state index contributed by atoms with van der Waals surface area (Å²) < 4.78 is 11.2. The smallest absolute Gasteiger partial charge is 0.257 e. The predicted molar refractivity (Wildman–Crippen MR) is 181 cm³/mol. The fourth-order valence-electron chi connectivity index (χ4n) is 5.25. The van der Waals surface area contributed by atoms with Crippen molar-refractivity contribution in [2.75, 3.05) is 47.4 Å². The van der Waals surface area contributed by atoms with E-state index >= 15 is 0 Å². The second-order valence-corrected chi connectivity index (χ2v) is 12.5. The first-order valence-corrected chi connectivity index (χ1v) is 16.4. The Kier molecular flexibility index (Phi) is 15.2. The van der Waals surface area contributed by atoms with Gasteiger partial charge < -0.3 is 41.0 Å². The van der Waals surface area contributed by atoms with Crippen molar-refractivity contribution < 1.29 is 33.4 Å². The molecule has 0 saturated carbocycles. The van der Waals surface area contributed by atoms with Crippen LogP contribution in [-0.2, 0) is 36.8 Å². The van der Waals surface area contributed by atoms with Crippen LogP contribution in [0, 0.1) is 5.92 Å². The number of nitrogens with one attached hydrogen (secondary N) is 5. The highest BCUT2D eigenvalue weighted by Gasteiger charge is 2.31. The minimum Gasteiger partial charge on any atom is -0.493 e. The average Bonchev–Trinajstić information content (AvgIpc) is 3.05. The van der Waals surface area contributed by atoms with Gasteiger partial charge in [0.25, 0.3) is 5.91 Å². The van der Waals surface area contributed by atoms with Gasteiger partial charge in [0.15, 0.2) is 18.1 Å². The average molecular weight is 667 g/mol. The van der Waals surface area contributed by atoms with E-state index in [9.17, 15) is 24.0 Å². The van der Waals surface area contributed by atoms with Crippen LogP contribution in [0.5, 0.6) is 11.5 Å². The number of rotatable bonds is 7. The Morgan fingerprint density at radius 3 is 2.38 bits per heavy atom. The van der Waals surface area contributed by atoms with E-state index in [1.807, 2.05) is 56.3 Å². The molecular weight excluding hydrogens is 616 g/mol. The van der Waals surface area contributed by atoms with Gasteiger partial charge in [-0.3, -0.25) is 24.0 Å². The van der Waals surface area contributed by atoms with E-state index in [0.717, 1.165) is 11.1 Å². The van der Waals surface area contributed by atoms with Crippen LogP contribution in [0.25, 0.3) is 0 Å². The molecule has 0 radical (unpaired) electrons. The Morgan fingerprint density at radius 2 is 1.69 bits per heavy atom. The highest BCUT2D eigenvalue weighted by atomic mass is 16.5. The summed E-state index contributed by atoms with van der Waals surface area (Å²) in [5.41, 5.74) is 1.75. The number of nitrogens with zero attached hydrogens (tertiary/aromatic N) is 1. The van der Waals surface area contributed by atoms with Gasteiger partial charge in [-0.05, 0) is 69.0 Å². The van der Waals surface area contributed by atoms with E-state index in [1.165, 1.54) is 7.11 Å². The summed E-state index contributed by atoms with van der Waals surface area (Å²) in [6.45, 7) is 4.08. The number of hydrogen-bond acceptors (Lipinski definition) is 8. The van der Waals surface area contributed by atoms with Gasteiger partial charge >= 0.3 is 0 Å². The normalized spacial score (nSPS) is 20.6. The Bertz CT molecular complexity index is 1380. The lowest BCUT2D eigenvalue weighted by Gasteiger charge is -2.27. The van der Waals surface area contributed by atoms with E-state index in [1.54, 1.807) is 25.1 Å². The number of carbonyl (C=O) groups is 5. The molecular formula is C35H50N6O7. The van der Waals surface area contributed by atoms with Crippen molar-refractivity contribution in [3.63, 3.8) is 0 Å². The van der Waals surface area contributed by atoms with Crippen molar-refractivity contribution in [3.8, 4) is 11.5 Å². The molecule has 3 rings (SSSR count). The van der Waals surface area contributed by atoms with Crippen LogP contribution in [0.3, 0.4) is 0 Å². The molecule has 262 valence electrons. The zero-order chi connectivity index (χ0) is 35.1. The highest BCUT2D eigenvalue weighted by Crippen LogP contribution is 2.28. The third kappa shape index (κ3) is 12.5. The van der Waals surface area contributed by atoms with Crippen molar-refractivity contribution >= 4 is 29.5 Å². The van der Waals surface area contributed by atoms with Gasteiger partial charge in [0.05, 0.1) is 13.7 Å². The zero-order valence-corrected chi connectivity index (χ0v) is 28.6. The fourth-order valence-corrected chi connectivity index (χ4v) is 5.25. The largest absolute Gasteiger partial charge is 0.493 e. The topological polar surface area (TPSA) is 167 Å². The van der Waals surface area contributed by atoms with Crippen LogP contribution < -0.4 is 36.1 Å². The second-order valence-electron chi connectivity index (χ2n) is 12.5. The molecule has 0 aliphatic carbocycles. The van der Waals surface area contributed by atoms with Crippen molar-refractivity contribution in [1.29, 1.82) is 0 Å². The Labute approximate surface area is 282 Å². The molecule has 48 heavy (non-hydrogen) atoms. The van der Waals surface area contributed by atoms with Gasteiger partial charge in [0.2, 0.25) is 23.6 Å². The Balaban J connectivity index is 1.88. The first kappa shape index (κ1) is 37.8. The molecule has 0 saturated heterocycles. The first-order valence-electron chi connectivity index (χ1n) is 16.4. The van der Waals surface area contributed by atoms with Gasteiger partial charge in [-0.15, -0.1) is 0 Å². The lowest BCUT2D eigenvalue weighted by atomic mass is 10.00. The number of aryl methyl sites for hydroxylation is 1. The summed E-state index contributed by atoms with van der Waals surface area (Å²) in [5.74, 6) is -1.44. The van der Waals surface area contributed by atoms with E-state index in [-0.39, 0.29) is 56.2 Å². The molecule has 5 N–H and O–H groups in total. The Morgan fingerprint density at radius 1 is 0.958 bits per heavy atom. The van der Waals surface area contributed by atoms with Crippen molar-refractivity contribution in [2.45, 2.75) is 64.1 Å². The zero-order valence-electron chi connectivity index (χ0n) is 28.6. The number of hydrogen-bond donors (Lipinski definition) is 5. The maximum atomic E-state index is 13.8. The molecule has 0 unspecified atom stereocenters. The molecule has 13 heteroatoms. The third-order valence-corrected chi connectivity index (χ3v) is 7.79. The molecule has 5 amide bonds. The van der Waals surface area contributed by atoms with Crippen molar-refractivity contribution in [1.82, 2.24) is 31.5 Å². The summed E-state index contributed by atoms with van der Waals surface area (Å²) in [6, 6.07) is 11.9. The summed E-state index contributed by atoms with van der Waals surface area (Å²) in [4.78, 5) is 67.8. The van der Waals surface area contributed by atoms with Crippen LogP contribution in [0.4, 0.5) is 0 Å². The number of ether oxygens (including phenoxy) is 2. The van der Waals surface area contributed by atoms with Gasteiger partial charge in [-0.1, -0.05) is 50.2 Å². The number of benzene rings is 2. The highest BCUT2D eigenvalue weighted by molar-refractivity contribution is 5.94. The van der Waals surface area contributed by atoms with E-state index in [0.29, 0.717) is 37.3 Å². The van der Waals surface area contributed by atoms with E-state index < -0.39 is 29.9 Å². The molecule has 1 aliphatic heterocycles. The summed E-state index contributed by atoms with van der Waals surface area (Å²) in [5, 5.41) is 14.2. The molecule has 2 aromatic rings. The Hall–Kier alpha value is -4.65. The maximum Gasteiger partial charge on any atom is 0.257 e. The van der Waals surface area contributed by atoms with Gasteiger partial charge in [0.1, 0.15) is 18.1 Å². The number of amides is 5. The molecule has 1 aliphatic rings. The third-order valence-electron chi connectivity index (χ3n) is 7.79. The fraction of sp³-hybridized carbons (Fsp3) is 0.514. The number of carbonyl (C=O) groups excluding carboxylic acids is 5. The molecule has 0 aromatic heterocycles. The number of likely N-dealkylation sites (N-methyl/N-ethyl adjacent to an activating group) is 1. The molecule has 0 spiro atoms. The quantitative estimate of drug-likeness (QED) is 0.291. The molecule has 0 fully saturated rings. The standard InChI is InChI=1S/C35H50N6O7/c1-23(2)32-35(46)37-18-9-13-25-15-16-28(47-5)29(20-25)48-22-31(43)36-17-10-14-26(38-30(42)21-41(3)4)33(44)39-27(34(45)40-32)19-24-11-7-6-8-12-24/h6-8,11-12,15-16,20,23,26-27,32H,9-10,13-14,17-19,21-22H2,1-5H3,(H,36,43)(H,37,46)(H,38,42)(H,39,44)(H,40,45)/t26-,27-,32+/m0/s1. The van der Waals surface area contributed by atoms with Crippen LogP contribution >= 0.6 is 0 Å². The number of methoxy groups -OCH3 is 1. The predicted octanol–water partition coefficient (Wildman–Crippen LogP) is 0.948. The van der Waals surface area contributed by atoms with Crippen molar-refractivity contribution in [3.05, 3.63) is 59.7 Å². The van der Waals surface area contributed by atoms with Crippen LogP contribution in [0.2, 0.25) is 0 Å². The second kappa shape index (κ2) is 19.2. The van der Waals surface area contributed by atoms with Gasteiger partial charge in [0, 0.05) is 19.5 Å². The van der Waals surface area contributed by atoms with Crippen LogP contribution in [0.1, 0.15) is 44.2 Å².